The van der Waals surface area contributed by atoms with Gasteiger partial charge in [0, 0.05) is 0 Å². The zero-order valence-electron chi connectivity index (χ0n) is 8.81. The third-order valence-corrected chi connectivity index (χ3v) is 2.83. The third kappa shape index (κ3) is 3.72. The molecule has 1 aromatic carbocycles. The maximum atomic E-state index is 5.73. The molecule has 0 radical (unpaired) electrons. The molecule has 0 spiro atoms. The second-order valence-corrected chi connectivity index (χ2v) is 4.04. The fraction of sp³-hybridized carbons (Fsp3) is 0.500. The van der Waals surface area contributed by atoms with Crippen LogP contribution in [0.15, 0.2) is 30.3 Å². The number of benzene rings is 1. The largest absolute Gasteiger partial charge is 0.374 e. The van der Waals surface area contributed by atoms with Gasteiger partial charge in [-0.2, -0.15) is 12.6 Å². The minimum absolute atomic E-state index is 0.179. The second kappa shape index (κ2) is 6.10. The Balaban J connectivity index is 2.39. The molecule has 0 aliphatic rings. The topological polar surface area (TPSA) is 9.23 Å². The van der Waals surface area contributed by atoms with Crippen LogP contribution < -0.4 is 0 Å². The predicted octanol–water partition coefficient (Wildman–Crippen LogP) is 3.33. The predicted molar refractivity (Wildman–Crippen MR) is 63.8 cm³/mol. The highest BCUT2D eigenvalue weighted by Crippen LogP contribution is 2.16. The van der Waals surface area contributed by atoms with Gasteiger partial charge in [0.2, 0.25) is 0 Å². The average Bonchev–Trinajstić information content (AvgIpc) is 2.26. The Bertz CT molecular complexity index is 248. The van der Waals surface area contributed by atoms with Crippen molar-refractivity contribution in [1.82, 2.24) is 0 Å². The van der Waals surface area contributed by atoms with Crippen molar-refractivity contribution < 1.29 is 4.74 Å². The molecular weight excluding hydrogens is 192 g/mol. The molecule has 1 aromatic rings. The Morgan fingerprint density at radius 3 is 2.43 bits per heavy atom. The molecule has 0 amide bonds. The van der Waals surface area contributed by atoms with E-state index in [0.29, 0.717) is 5.92 Å². The molecular formula is C12H18OS. The first-order valence-corrected chi connectivity index (χ1v) is 5.64. The molecule has 0 heterocycles. The molecule has 0 aliphatic heterocycles. The molecule has 0 bridgehead atoms. The lowest BCUT2D eigenvalue weighted by molar-refractivity contribution is 0.0480. The van der Waals surface area contributed by atoms with Gasteiger partial charge < -0.3 is 4.74 Å². The summed E-state index contributed by atoms with van der Waals surface area (Å²) < 4.78 is 5.73. The summed E-state index contributed by atoms with van der Waals surface area (Å²) in [6, 6.07) is 10.3. The zero-order valence-corrected chi connectivity index (χ0v) is 9.71. The molecule has 0 aliphatic carbocycles. The third-order valence-electron chi connectivity index (χ3n) is 2.21. The minimum Gasteiger partial charge on any atom is -0.374 e. The molecule has 0 saturated heterocycles. The molecule has 1 nitrogen and oxygen atoms in total. The molecule has 0 N–H and O–H groups in total. The fourth-order valence-electron chi connectivity index (χ4n) is 1.18. The zero-order chi connectivity index (χ0) is 10.4. The molecule has 0 aromatic heterocycles. The molecule has 2 unspecified atom stereocenters. The van der Waals surface area contributed by atoms with Crippen molar-refractivity contribution in [3.63, 3.8) is 0 Å². The highest BCUT2D eigenvalue weighted by Gasteiger charge is 2.06. The first kappa shape index (κ1) is 11.6. The van der Waals surface area contributed by atoms with Gasteiger partial charge in [0.25, 0.3) is 0 Å². The van der Waals surface area contributed by atoms with Crippen LogP contribution in [0.5, 0.6) is 0 Å². The van der Waals surface area contributed by atoms with Crippen molar-refractivity contribution in [2.75, 3.05) is 12.4 Å². The van der Waals surface area contributed by atoms with Crippen LogP contribution in [0.25, 0.3) is 0 Å². The molecule has 0 fully saturated rings. The first-order valence-electron chi connectivity index (χ1n) is 5.01. The second-order valence-electron chi connectivity index (χ2n) is 3.67. The van der Waals surface area contributed by atoms with E-state index >= 15 is 0 Å². The summed E-state index contributed by atoms with van der Waals surface area (Å²) in [6.07, 6.45) is 0.179. The average molecular weight is 210 g/mol. The van der Waals surface area contributed by atoms with Crippen molar-refractivity contribution in [3.8, 4) is 0 Å². The van der Waals surface area contributed by atoms with E-state index < -0.39 is 0 Å². The number of hydrogen-bond acceptors (Lipinski definition) is 2. The quantitative estimate of drug-likeness (QED) is 0.733. The van der Waals surface area contributed by atoms with Gasteiger partial charge in [0.1, 0.15) is 0 Å². The van der Waals surface area contributed by atoms with Gasteiger partial charge in [-0.25, -0.2) is 0 Å². The Kier molecular flexibility index (Phi) is 5.05. The first-order chi connectivity index (χ1) is 6.74. The summed E-state index contributed by atoms with van der Waals surface area (Å²) in [5, 5.41) is 0. The fourth-order valence-corrected chi connectivity index (χ4v) is 1.29. The number of thiol groups is 1. The summed E-state index contributed by atoms with van der Waals surface area (Å²) in [5.41, 5.74) is 1.24. The van der Waals surface area contributed by atoms with E-state index in [9.17, 15) is 0 Å². The van der Waals surface area contributed by atoms with E-state index in [1.807, 2.05) is 18.2 Å². The van der Waals surface area contributed by atoms with Crippen LogP contribution in [0.2, 0.25) is 0 Å². The van der Waals surface area contributed by atoms with Crippen LogP contribution in [0.3, 0.4) is 0 Å². The van der Waals surface area contributed by atoms with Gasteiger partial charge >= 0.3 is 0 Å². The standard InChI is InChI=1S/C12H18OS/c1-10(9-14)8-13-11(2)12-6-4-3-5-7-12/h3-7,10-11,14H,8-9H2,1-2H3. The smallest absolute Gasteiger partial charge is 0.0796 e. The normalized spacial score (nSPS) is 15.1. The van der Waals surface area contributed by atoms with Crippen LogP contribution in [0.4, 0.5) is 0 Å². The molecule has 14 heavy (non-hydrogen) atoms. The van der Waals surface area contributed by atoms with E-state index in [2.05, 4.69) is 38.6 Å². The van der Waals surface area contributed by atoms with Crippen molar-refractivity contribution in [2.24, 2.45) is 5.92 Å². The lowest BCUT2D eigenvalue weighted by Gasteiger charge is -2.15. The summed E-state index contributed by atoms with van der Waals surface area (Å²) in [6.45, 7) is 5.00. The minimum atomic E-state index is 0.179. The van der Waals surface area contributed by atoms with Crippen molar-refractivity contribution >= 4 is 12.6 Å². The Morgan fingerprint density at radius 2 is 1.86 bits per heavy atom. The van der Waals surface area contributed by atoms with Crippen LogP contribution >= 0.6 is 12.6 Å². The van der Waals surface area contributed by atoms with Gasteiger partial charge in [0.15, 0.2) is 0 Å². The van der Waals surface area contributed by atoms with Crippen LogP contribution in [0.1, 0.15) is 25.5 Å². The summed E-state index contributed by atoms with van der Waals surface area (Å²) in [7, 11) is 0. The van der Waals surface area contributed by atoms with Gasteiger partial charge in [-0.05, 0) is 24.2 Å². The van der Waals surface area contributed by atoms with Crippen LogP contribution in [-0.4, -0.2) is 12.4 Å². The van der Waals surface area contributed by atoms with Crippen molar-refractivity contribution in [1.29, 1.82) is 0 Å². The Morgan fingerprint density at radius 1 is 1.21 bits per heavy atom. The van der Waals surface area contributed by atoms with Crippen LogP contribution in [0, 0.1) is 5.92 Å². The lowest BCUT2D eigenvalue weighted by atomic mass is 10.1. The van der Waals surface area contributed by atoms with Gasteiger partial charge in [-0.15, -0.1) is 0 Å². The van der Waals surface area contributed by atoms with Crippen LogP contribution in [-0.2, 0) is 4.74 Å². The van der Waals surface area contributed by atoms with Gasteiger partial charge in [0.05, 0.1) is 12.7 Å². The lowest BCUT2D eigenvalue weighted by Crippen LogP contribution is -2.10. The van der Waals surface area contributed by atoms with E-state index in [0.717, 1.165) is 12.4 Å². The number of hydrogen-bond donors (Lipinski definition) is 1. The van der Waals surface area contributed by atoms with E-state index in [1.165, 1.54) is 5.56 Å². The summed E-state index contributed by atoms with van der Waals surface area (Å²) >= 11 is 4.23. The van der Waals surface area contributed by atoms with Crippen molar-refractivity contribution in [2.45, 2.75) is 20.0 Å². The highest BCUT2D eigenvalue weighted by molar-refractivity contribution is 7.80. The molecule has 2 heteroatoms. The van der Waals surface area contributed by atoms with Gasteiger partial charge in [-0.1, -0.05) is 37.3 Å². The Labute approximate surface area is 91.9 Å². The van der Waals surface area contributed by atoms with E-state index in [-0.39, 0.29) is 6.10 Å². The van der Waals surface area contributed by atoms with E-state index in [4.69, 9.17) is 4.74 Å². The SMILES string of the molecule is CC(CS)COC(C)c1ccccc1. The van der Waals surface area contributed by atoms with Crippen molar-refractivity contribution in [3.05, 3.63) is 35.9 Å². The number of ether oxygens (including phenoxy) is 1. The molecule has 78 valence electrons. The van der Waals surface area contributed by atoms with E-state index in [1.54, 1.807) is 0 Å². The monoisotopic (exact) mass is 210 g/mol. The molecule has 2 atom stereocenters. The molecule has 0 saturated carbocycles. The summed E-state index contributed by atoms with van der Waals surface area (Å²) in [5.74, 6) is 1.39. The maximum Gasteiger partial charge on any atom is 0.0796 e. The summed E-state index contributed by atoms with van der Waals surface area (Å²) in [4.78, 5) is 0. The Hall–Kier alpha value is -0.470. The highest BCUT2D eigenvalue weighted by atomic mass is 32.1. The molecule has 1 rings (SSSR count). The number of rotatable bonds is 5. The van der Waals surface area contributed by atoms with Gasteiger partial charge in [-0.3, -0.25) is 0 Å². The maximum absolute atomic E-state index is 5.73.